The lowest BCUT2D eigenvalue weighted by molar-refractivity contribution is 0.406. The van der Waals surface area contributed by atoms with Gasteiger partial charge < -0.3 is 14.4 Å². The van der Waals surface area contributed by atoms with E-state index in [1.165, 1.54) is 11.1 Å². The normalized spacial score (nSPS) is 10.9. The molecule has 0 aromatic heterocycles. The zero-order valence-electron chi connectivity index (χ0n) is 28.4. The van der Waals surface area contributed by atoms with Gasteiger partial charge in [-0.15, -0.1) is 0 Å². The number of benzene rings is 7. The third-order valence-corrected chi connectivity index (χ3v) is 9.11. The van der Waals surface area contributed by atoms with E-state index in [1.54, 1.807) is 14.2 Å². The molecule has 0 bridgehead atoms. The number of hydrogen-bond donors (Lipinski definition) is 0. The van der Waals surface area contributed by atoms with E-state index < -0.39 is 0 Å². The predicted octanol–water partition coefficient (Wildman–Crippen LogP) is 11.8. The maximum Gasteiger partial charge on any atom is 0.127 e. The molecule has 0 saturated carbocycles. The highest BCUT2D eigenvalue weighted by Crippen LogP contribution is 2.52. The smallest absolute Gasteiger partial charge is 0.127 e. The molecular weight excluding hydrogens is 599 g/mol. The van der Waals surface area contributed by atoms with E-state index in [-0.39, 0.29) is 0 Å². The summed E-state index contributed by atoms with van der Waals surface area (Å²) in [5, 5.41) is 0. The molecular formula is C46H39NO2. The molecule has 0 saturated heterocycles. The number of anilines is 1. The molecule has 3 nitrogen and oxygen atoms in total. The van der Waals surface area contributed by atoms with Crippen molar-refractivity contribution in [2.45, 2.75) is 0 Å². The minimum Gasteiger partial charge on any atom is -0.496 e. The molecule has 0 aliphatic carbocycles. The van der Waals surface area contributed by atoms with Crippen molar-refractivity contribution >= 4 is 5.69 Å². The van der Waals surface area contributed by atoms with Gasteiger partial charge in [0.05, 0.1) is 14.2 Å². The third-order valence-electron chi connectivity index (χ3n) is 9.11. The molecule has 7 aromatic rings. The Labute approximate surface area is 289 Å². The van der Waals surface area contributed by atoms with E-state index in [0.29, 0.717) is 0 Å². The molecule has 49 heavy (non-hydrogen) atoms. The van der Waals surface area contributed by atoms with Gasteiger partial charge in [-0.2, -0.15) is 0 Å². The second-order valence-electron chi connectivity index (χ2n) is 12.3. The average Bonchev–Trinajstić information content (AvgIpc) is 3.18. The Bertz CT molecular complexity index is 2180. The molecule has 240 valence electrons. The zero-order chi connectivity index (χ0) is 33.7. The Hall–Kier alpha value is -6.06. The molecule has 7 rings (SSSR count). The fourth-order valence-electron chi connectivity index (χ4n) is 6.72. The monoisotopic (exact) mass is 637 g/mol. The molecule has 0 radical (unpaired) electrons. The van der Waals surface area contributed by atoms with Crippen LogP contribution in [0.3, 0.4) is 0 Å². The van der Waals surface area contributed by atoms with Crippen molar-refractivity contribution in [1.29, 1.82) is 0 Å². The lowest BCUT2D eigenvalue weighted by Gasteiger charge is -2.25. The van der Waals surface area contributed by atoms with Gasteiger partial charge in [0.1, 0.15) is 11.5 Å². The Kier molecular flexibility index (Phi) is 8.99. The van der Waals surface area contributed by atoms with Gasteiger partial charge in [0.25, 0.3) is 0 Å². The van der Waals surface area contributed by atoms with Crippen LogP contribution in [0.4, 0.5) is 5.69 Å². The van der Waals surface area contributed by atoms with Crippen LogP contribution in [0.25, 0.3) is 66.8 Å². The Balaban J connectivity index is 1.62. The van der Waals surface area contributed by atoms with E-state index in [2.05, 4.69) is 169 Å². The van der Waals surface area contributed by atoms with Gasteiger partial charge in [-0.05, 0) is 86.0 Å². The molecule has 0 spiro atoms. The third kappa shape index (κ3) is 6.19. The van der Waals surface area contributed by atoms with Crippen LogP contribution in [0.1, 0.15) is 0 Å². The highest BCUT2D eigenvalue weighted by molar-refractivity contribution is 6.08. The zero-order valence-corrected chi connectivity index (χ0v) is 28.4. The van der Waals surface area contributed by atoms with Gasteiger partial charge in [0.2, 0.25) is 0 Å². The first kappa shape index (κ1) is 31.5. The van der Waals surface area contributed by atoms with Crippen LogP contribution < -0.4 is 14.4 Å². The standard InChI is InChI=1S/C46H39NO2/c1-47(2)37-27-25-33(26-28-37)38-30-43(49-4)40(31-42(38)48-3)41-29-39(32-17-9-5-10-18-32)44(34-19-11-6-12-20-34)46(36-23-15-8-16-24-36)45(41)35-21-13-7-14-22-35/h5-31H,1-4H3. The molecule has 0 fully saturated rings. The Morgan fingerprint density at radius 2 is 0.735 bits per heavy atom. The van der Waals surface area contributed by atoms with E-state index in [1.807, 2.05) is 14.1 Å². The van der Waals surface area contributed by atoms with Crippen molar-refractivity contribution in [2.75, 3.05) is 33.2 Å². The predicted molar refractivity (Wildman–Crippen MR) is 206 cm³/mol. The molecule has 0 aliphatic rings. The Morgan fingerprint density at radius 1 is 0.347 bits per heavy atom. The van der Waals surface area contributed by atoms with Crippen LogP contribution in [0.15, 0.2) is 164 Å². The van der Waals surface area contributed by atoms with Crippen molar-refractivity contribution in [3.05, 3.63) is 164 Å². The van der Waals surface area contributed by atoms with Gasteiger partial charge in [0, 0.05) is 30.9 Å². The molecule has 0 aliphatic heterocycles. The summed E-state index contributed by atoms with van der Waals surface area (Å²) >= 11 is 0. The van der Waals surface area contributed by atoms with Gasteiger partial charge in [0.15, 0.2) is 0 Å². The highest BCUT2D eigenvalue weighted by atomic mass is 16.5. The maximum atomic E-state index is 6.26. The number of methoxy groups -OCH3 is 2. The van der Waals surface area contributed by atoms with Crippen molar-refractivity contribution < 1.29 is 9.47 Å². The number of nitrogens with zero attached hydrogens (tertiary/aromatic N) is 1. The fraction of sp³-hybridized carbons (Fsp3) is 0.0870. The van der Waals surface area contributed by atoms with Gasteiger partial charge >= 0.3 is 0 Å². The summed E-state index contributed by atoms with van der Waals surface area (Å²) in [5.41, 5.74) is 14.4. The topological polar surface area (TPSA) is 21.7 Å². The summed E-state index contributed by atoms with van der Waals surface area (Å²) in [6.07, 6.45) is 0. The summed E-state index contributed by atoms with van der Waals surface area (Å²) < 4.78 is 12.4. The van der Waals surface area contributed by atoms with Crippen molar-refractivity contribution in [1.82, 2.24) is 0 Å². The van der Waals surface area contributed by atoms with Gasteiger partial charge in [-0.25, -0.2) is 0 Å². The lowest BCUT2D eigenvalue weighted by Crippen LogP contribution is -2.07. The minimum atomic E-state index is 0.773. The number of rotatable bonds is 9. The first-order valence-electron chi connectivity index (χ1n) is 16.5. The van der Waals surface area contributed by atoms with E-state index in [9.17, 15) is 0 Å². The molecule has 0 unspecified atom stereocenters. The second-order valence-corrected chi connectivity index (χ2v) is 12.3. The fourth-order valence-corrected chi connectivity index (χ4v) is 6.72. The van der Waals surface area contributed by atoms with Crippen LogP contribution in [0.5, 0.6) is 11.5 Å². The van der Waals surface area contributed by atoms with Crippen LogP contribution in [0, 0.1) is 0 Å². The molecule has 0 amide bonds. The van der Waals surface area contributed by atoms with Crippen LogP contribution in [-0.2, 0) is 0 Å². The van der Waals surface area contributed by atoms with E-state index in [4.69, 9.17) is 9.47 Å². The average molecular weight is 638 g/mol. The lowest BCUT2D eigenvalue weighted by atomic mass is 9.78. The first-order valence-corrected chi connectivity index (χ1v) is 16.5. The summed E-state index contributed by atoms with van der Waals surface area (Å²) in [7, 11) is 7.59. The summed E-state index contributed by atoms with van der Waals surface area (Å²) in [6.45, 7) is 0. The largest absolute Gasteiger partial charge is 0.496 e. The molecule has 0 N–H and O–H groups in total. The molecule has 0 heterocycles. The first-order chi connectivity index (χ1) is 24.1. The number of ether oxygens (including phenoxy) is 2. The summed E-state index contributed by atoms with van der Waals surface area (Å²) in [4.78, 5) is 2.10. The van der Waals surface area contributed by atoms with Crippen molar-refractivity contribution in [3.63, 3.8) is 0 Å². The summed E-state index contributed by atoms with van der Waals surface area (Å²) in [6, 6.07) is 58.0. The number of hydrogen-bond acceptors (Lipinski definition) is 3. The highest BCUT2D eigenvalue weighted by Gasteiger charge is 2.26. The maximum absolute atomic E-state index is 6.26. The molecule has 7 aromatic carbocycles. The van der Waals surface area contributed by atoms with Crippen molar-refractivity contribution in [2.24, 2.45) is 0 Å². The quantitative estimate of drug-likeness (QED) is 0.157. The van der Waals surface area contributed by atoms with Crippen molar-refractivity contribution in [3.8, 4) is 78.3 Å². The summed E-state index contributed by atoms with van der Waals surface area (Å²) in [5.74, 6) is 1.55. The van der Waals surface area contributed by atoms with Gasteiger partial charge in [-0.1, -0.05) is 133 Å². The van der Waals surface area contributed by atoms with E-state index >= 15 is 0 Å². The van der Waals surface area contributed by atoms with Crippen LogP contribution in [-0.4, -0.2) is 28.3 Å². The van der Waals surface area contributed by atoms with Crippen LogP contribution in [0.2, 0.25) is 0 Å². The van der Waals surface area contributed by atoms with Gasteiger partial charge in [-0.3, -0.25) is 0 Å². The minimum absolute atomic E-state index is 0.773. The Morgan fingerprint density at radius 3 is 1.20 bits per heavy atom. The second kappa shape index (κ2) is 14.0. The molecule has 0 atom stereocenters. The molecule has 3 heteroatoms. The SMILES string of the molecule is COc1cc(-c2cc(-c3ccccc3)c(-c3ccccc3)c(-c3ccccc3)c2-c2ccccc2)c(OC)cc1-c1ccc(N(C)C)cc1. The van der Waals surface area contributed by atoms with Crippen LogP contribution >= 0.6 is 0 Å². The van der Waals surface area contributed by atoms with E-state index in [0.717, 1.165) is 72.8 Å².